The van der Waals surface area contributed by atoms with Crippen LogP contribution in [0.5, 0.6) is 0 Å². The number of nitrogens with one attached hydrogen (secondary N) is 3. The Morgan fingerprint density at radius 2 is 1.57 bits per heavy atom. The Labute approximate surface area is 274 Å². The zero-order valence-electron chi connectivity index (χ0n) is 27.2. The molecule has 1 aromatic heterocycles. The van der Waals surface area contributed by atoms with E-state index in [1.165, 1.54) is 11.3 Å². The van der Waals surface area contributed by atoms with E-state index >= 15 is 0 Å². The molecule has 0 saturated carbocycles. The molecule has 11 nitrogen and oxygen atoms in total. The van der Waals surface area contributed by atoms with E-state index < -0.39 is 17.2 Å². The maximum atomic E-state index is 12.8. The summed E-state index contributed by atoms with van der Waals surface area (Å²) in [6.07, 6.45) is 6.20. The molecule has 0 atom stereocenters. The van der Waals surface area contributed by atoms with Gasteiger partial charge < -0.3 is 32.2 Å². The number of carbonyl (C=O) groups excluding carboxylic acids is 3. The molecule has 0 saturated heterocycles. The molecule has 0 unspecified atom stereocenters. The summed E-state index contributed by atoms with van der Waals surface area (Å²) in [6, 6.07) is 17.0. The average Bonchev–Trinajstić information content (AvgIpc) is 3.40. The summed E-state index contributed by atoms with van der Waals surface area (Å²) in [5.41, 5.74) is 13.9. The summed E-state index contributed by atoms with van der Waals surface area (Å²) < 4.78 is 5.39. The van der Waals surface area contributed by atoms with Crippen LogP contribution in [0.4, 0.5) is 9.93 Å². The van der Waals surface area contributed by atoms with Gasteiger partial charge in [0.25, 0.3) is 0 Å². The number of ether oxygens (including phenoxy) is 1. The number of allylic oxidation sites excluding steroid dienone is 3. The first-order valence-corrected chi connectivity index (χ1v) is 16.0. The van der Waals surface area contributed by atoms with Crippen LogP contribution in [0.3, 0.4) is 0 Å². The van der Waals surface area contributed by atoms with Crippen LogP contribution in [0.15, 0.2) is 78.3 Å². The van der Waals surface area contributed by atoms with Crippen LogP contribution in [0.2, 0.25) is 0 Å². The van der Waals surface area contributed by atoms with Gasteiger partial charge in [-0.2, -0.15) is 0 Å². The van der Waals surface area contributed by atoms with Crippen molar-refractivity contribution in [3.63, 3.8) is 0 Å². The molecule has 3 rings (SSSR count). The molecule has 0 aliphatic rings. The fourth-order valence-electron chi connectivity index (χ4n) is 4.37. The number of carbonyl (C=O) groups is 3. The summed E-state index contributed by atoms with van der Waals surface area (Å²) >= 11 is 1.34. The van der Waals surface area contributed by atoms with Gasteiger partial charge in [-0.05, 0) is 82.7 Å². The maximum absolute atomic E-state index is 12.8. The molecule has 0 aliphatic carbocycles. The molecule has 0 radical (unpaired) electrons. The number of anilines is 1. The number of unbranched alkanes of at least 4 members (excludes halogenated alkanes) is 1. The second-order valence-electron chi connectivity index (χ2n) is 12.5. The Morgan fingerprint density at radius 1 is 0.870 bits per heavy atom. The third kappa shape index (κ3) is 13.1. The summed E-state index contributed by atoms with van der Waals surface area (Å²) in [6.45, 7) is 9.20. The van der Waals surface area contributed by atoms with Crippen molar-refractivity contribution in [2.45, 2.75) is 84.3 Å². The van der Waals surface area contributed by atoms with Crippen molar-refractivity contribution >= 4 is 34.4 Å². The molecule has 0 bridgehead atoms. The van der Waals surface area contributed by atoms with Gasteiger partial charge in [0.2, 0.25) is 16.9 Å². The van der Waals surface area contributed by atoms with Gasteiger partial charge in [0.15, 0.2) is 0 Å². The minimum atomic E-state index is -0.701. The predicted molar refractivity (Wildman–Crippen MR) is 181 cm³/mol. The van der Waals surface area contributed by atoms with E-state index in [9.17, 15) is 14.4 Å². The van der Waals surface area contributed by atoms with E-state index in [0.29, 0.717) is 23.7 Å². The van der Waals surface area contributed by atoms with Crippen LogP contribution in [0.1, 0.15) is 75.6 Å². The van der Waals surface area contributed by atoms with Crippen molar-refractivity contribution in [2.24, 2.45) is 11.5 Å². The molecular weight excluding hydrogens is 602 g/mol. The average molecular weight is 648 g/mol. The summed E-state index contributed by atoms with van der Waals surface area (Å²) in [5.74, 6) is -0.166. The van der Waals surface area contributed by atoms with E-state index in [-0.39, 0.29) is 30.5 Å². The molecule has 2 aromatic carbocycles. The Morgan fingerprint density at radius 3 is 2.28 bits per heavy atom. The summed E-state index contributed by atoms with van der Waals surface area (Å²) in [4.78, 5) is 37.2. The quantitative estimate of drug-likeness (QED) is 0.117. The lowest BCUT2D eigenvalue weighted by Crippen LogP contribution is -2.43. The number of hydrogen-bond acceptors (Lipinski definition) is 9. The van der Waals surface area contributed by atoms with E-state index in [1.807, 2.05) is 89.2 Å². The van der Waals surface area contributed by atoms with Gasteiger partial charge >= 0.3 is 6.09 Å². The first-order chi connectivity index (χ1) is 21.7. The third-order valence-corrected chi connectivity index (χ3v) is 7.51. The van der Waals surface area contributed by atoms with E-state index in [1.54, 1.807) is 12.2 Å². The number of alkyl carbamates (subject to hydrolysis) is 1. The van der Waals surface area contributed by atoms with Crippen molar-refractivity contribution in [3.05, 3.63) is 100.0 Å². The zero-order valence-corrected chi connectivity index (χ0v) is 28.0. The van der Waals surface area contributed by atoms with Crippen molar-refractivity contribution in [2.75, 3.05) is 5.32 Å². The molecule has 1 heterocycles. The standard InChI is InChI=1S/C34H45N7O4S/c1-33(2,3)45-32(44)39-34(4,5)25-15-11-14-24(20-25)22-29(43)38-31-41-40-30(46-31)17-10-9-16-26(35)18-19-27(36)37-28(42)21-23-12-7-6-8-13-23/h6-8,11-15,18-20H,9-10,16-17,21-22,35-36H2,1-5H3,(H,37,42)(H,39,44)(H,38,41,43)/b26-18-,27-19+. The highest BCUT2D eigenvalue weighted by atomic mass is 32.1. The number of amides is 3. The highest BCUT2D eigenvalue weighted by Crippen LogP contribution is 2.23. The van der Waals surface area contributed by atoms with Gasteiger partial charge in [0.1, 0.15) is 16.4 Å². The lowest BCUT2D eigenvalue weighted by Gasteiger charge is -2.29. The van der Waals surface area contributed by atoms with Crippen LogP contribution >= 0.6 is 11.3 Å². The van der Waals surface area contributed by atoms with Crippen LogP contribution in [0, 0.1) is 0 Å². The minimum absolute atomic E-state index is 0.145. The van der Waals surface area contributed by atoms with Crippen molar-refractivity contribution in [1.29, 1.82) is 0 Å². The number of nitrogens with two attached hydrogens (primary N) is 2. The van der Waals surface area contributed by atoms with E-state index in [4.69, 9.17) is 16.2 Å². The predicted octanol–water partition coefficient (Wildman–Crippen LogP) is 5.19. The van der Waals surface area contributed by atoms with E-state index in [2.05, 4.69) is 26.1 Å². The number of hydrogen-bond donors (Lipinski definition) is 5. The number of rotatable bonds is 14. The van der Waals surface area contributed by atoms with Crippen molar-refractivity contribution < 1.29 is 19.1 Å². The molecule has 46 heavy (non-hydrogen) atoms. The second kappa shape index (κ2) is 16.6. The van der Waals surface area contributed by atoms with Crippen LogP contribution in [-0.2, 0) is 39.1 Å². The van der Waals surface area contributed by atoms with Gasteiger partial charge in [-0.25, -0.2) is 4.79 Å². The molecule has 246 valence electrons. The smallest absolute Gasteiger partial charge is 0.408 e. The lowest BCUT2D eigenvalue weighted by atomic mass is 9.92. The molecule has 7 N–H and O–H groups in total. The lowest BCUT2D eigenvalue weighted by molar-refractivity contribution is -0.119. The Bertz CT molecular complexity index is 1540. The molecular formula is C34H45N7O4S. The fraction of sp³-hybridized carbons (Fsp3) is 0.382. The Kier molecular flexibility index (Phi) is 12.9. The largest absolute Gasteiger partial charge is 0.444 e. The SMILES string of the molecule is CC(C)(C)OC(=O)NC(C)(C)c1cccc(CC(=O)Nc2nnc(CCCC/C(N)=C/C=C(\N)NC(=O)Cc3ccccc3)s2)c1. The number of aryl methyl sites for hydroxylation is 1. The topological polar surface area (TPSA) is 174 Å². The first kappa shape index (κ1) is 35.8. The van der Waals surface area contributed by atoms with Crippen LogP contribution in [-0.4, -0.2) is 33.7 Å². The molecule has 3 amide bonds. The monoisotopic (exact) mass is 647 g/mol. The molecule has 0 spiro atoms. The zero-order chi connectivity index (χ0) is 33.7. The normalized spacial score (nSPS) is 12.4. The van der Waals surface area contributed by atoms with Crippen LogP contribution in [0.25, 0.3) is 0 Å². The Hall–Kier alpha value is -4.71. The minimum Gasteiger partial charge on any atom is -0.444 e. The van der Waals surface area contributed by atoms with Crippen molar-refractivity contribution in [3.8, 4) is 0 Å². The van der Waals surface area contributed by atoms with Crippen molar-refractivity contribution in [1.82, 2.24) is 20.8 Å². The number of aromatic nitrogens is 2. The van der Waals surface area contributed by atoms with Crippen LogP contribution < -0.4 is 27.4 Å². The molecule has 0 aliphatic heterocycles. The number of nitrogens with zero attached hydrogens (tertiary/aromatic N) is 2. The maximum Gasteiger partial charge on any atom is 0.408 e. The fourth-order valence-corrected chi connectivity index (χ4v) is 5.17. The number of benzene rings is 2. The van der Waals surface area contributed by atoms with Gasteiger partial charge in [-0.3, -0.25) is 9.59 Å². The van der Waals surface area contributed by atoms with E-state index in [0.717, 1.165) is 34.5 Å². The Balaban J connectivity index is 1.40. The van der Waals surface area contributed by atoms with Gasteiger partial charge in [-0.15, -0.1) is 10.2 Å². The molecule has 0 fully saturated rings. The second-order valence-corrected chi connectivity index (χ2v) is 13.5. The first-order valence-electron chi connectivity index (χ1n) is 15.2. The third-order valence-electron chi connectivity index (χ3n) is 6.61. The summed E-state index contributed by atoms with van der Waals surface area (Å²) in [7, 11) is 0. The molecule has 3 aromatic rings. The van der Waals surface area contributed by atoms with Gasteiger partial charge in [-0.1, -0.05) is 65.9 Å². The summed E-state index contributed by atoms with van der Waals surface area (Å²) in [5, 5.41) is 18.0. The van der Waals surface area contributed by atoms with Gasteiger partial charge in [0, 0.05) is 12.1 Å². The molecule has 12 heteroatoms. The highest BCUT2D eigenvalue weighted by molar-refractivity contribution is 7.15. The highest BCUT2D eigenvalue weighted by Gasteiger charge is 2.26. The van der Waals surface area contributed by atoms with Gasteiger partial charge in [0.05, 0.1) is 18.4 Å².